The second kappa shape index (κ2) is 7.00. The van der Waals surface area contributed by atoms with E-state index in [9.17, 15) is 9.90 Å². The van der Waals surface area contributed by atoms with Crippen molar-refractivity contribution in [3.05, 3.63) is 41.6 Å². The Hall–Kier alpha value is -2.93. The molecule has 4 rings (SSSR count). The van der Waals surface area contributed by atoms with Gasteiger partial charge in [-0.2, -0.15) is 5.10 Å². The molecular formula is C20H23N5O2. The van der Waals surface area contributed by atoms with Gasteiger partial charge in [-0.3, -0.25) is 9.89 Å². The standard InChI is InChI=1S/C20H23N5O2/c1-2-16-18-15(20(27)25-9-7-13(21)8-10-25)11-17(22-19(18)24-23-16)12-3-5-14(26)6-4-12/h3-6,11,13,26H,2,7-10,21H2,1H3,(H,22,23,24). The monoisotopic (exact) mass is 365 g/mol. The van der Waals surface area contributed by atoms with Crippen molar-refractivity contribution in [3.8, 4) is 17.0 Å². The highest BCUT2D eigenvalue weighted by molar-refractivity contribution is 6.07. The van der Waals surface area contributed by atoms with E-state index in [-0.39, 0.29) is 17.7 Å². The molecule has 0 unspecified atom stereocenters. The number of rotatable bonds is 3. The summed E-state index contributed by atoms with van der Waals surface area (Å²) in [5.41, 5.74) is 9.53. The Morgan fingerprint density at radius 3 is 2.67 bits per heavy atom. The highest BCUT2D eigenvalue weighted by Gasteiger charge is 2.25. The first-order valence-corrected chi connectivity index (χ1v) is 9.29. The van der Waals surface area contributed by atoms with Crippen molar-refractivity contribution in [1.29, 1.82) is 0 Å². The molecule has 1 fully saturated rings. The molecule has 1 aliphatic rings. The maximum Gasteiger partial charge on any atom is 0.254 e. The molecule has 1 saturated heterocycles. The number of hydrogen-bond donors (Lipinski definition) is 3. The fourth-order valence-electron chi connectivity index (χ4n) is 3.56. The summed E-state index contributed by atoms with van der Waals surface area (Å²) < 4.78 is 0. The largest absolute Gasteiger partial charge is 0.508 e. The number of nitrogens with two attached hydrogens (primary N) is 1. The number of likely N-dealkylation sites (tertiary alicyclic amines) is 1. The third-order valence-corrected chi connectivity index (χ3v) is 5.17. The number of aryl methyl sites for hydroxylation is 1. The molecule has 4 N–H and O–H groups in total. The summed E-state index contributed by atoms with van der Waals surface area (Å²) >= 11 is 0. The minimum absolute atomic E-state index is 0.00886. The number of nitrogens with zero attached hydrogens (tertiary/aromatic N) is 3. The van der Waals surface area contributed by atoms with Crippen LogP contribution in [0.5, 0.6) is 5.75 Å². The van der Waals surface area contributed by atoms with Gasteiger partial charge in [0.1, 0.15) is 5.75 Å². The molecule has 3 heterocycles. The Bertz CT molecular complexity index is 972. The molecule has 3 aromatic rings. The number of hydrogen-bond acceptors (Lipinski definition) is 5. The second-order valence-electron chi connectivity index (χ2n) is 6.99. The van der Waals surface area contributed by atoms with Crippen molar-refractivity contribution < 1.29 is 9.90 Å². The van der Waals surface area contributed by atoms with Crippen LogP contribution < -0.4 is 5.73 Å². The predicted molar refractivity (Wildman–Crippen MR) is 103 cm³/mol. The van der Waals surface area contributed by atoms with Gasteiger partial charge in [0.05, 0.1) is 16.6 Å². The minimum atomic E-state index is -0.00886. The number of benzene rings is 1. The molecule has 0 radical (unpaired) electrons. The first kappa shape index (κ1) is 17.5. The summed E-state index contributed by atoms with van der Waals surface area (Å²) in [6, 6.07) is 8.78. The number of carbonyl (C=O) groups is 1. The van der Waals surface area contributed by atoms with Crippen molar-refractivity contribution in [2.24, 2.45) is 5.73 Å². The predicted octanol–water partition coefficient (Wildman–Crippen LogP) is 2.46. The van der Waals surface area contributed by atoms with Gasteiger partial charge in [-0.05, 0) is 49.6 Å². The second-order valence-corrected chi connectivity index (χ2v) is 6.99. The molecule has 1 aliphatic heterocycles. The molecule has 0 bridgehead atoms. The third kappa shape index (κ3) is 3.26. The molecule has 7 heteroatoms. The number of piperidine rings is 1. The Morgan fingerprint density at radius 1 is 1.30 bits per heavy atom. The van der Waals surface area contributed by atoms with Gasteiger partial charge in [0, 0.05) is 30.4 Å². The van der Waals surface area contributed by atoms with Crippen LogP contribution in [-0.2, 0) is 6.42 Å². The van der Waals surface area contributed by atoms with Crippen LogP contribution in [0.1, 0.15) is 35.8 Å². The zero-order valence-corrected chi connectivity index (χ0v) is 15.3. The highest BCUT2D eigenvalue weighted by Crippen LogP contribution is 2.28. The van der Waals surface area contributed by atoms with Crippen LogP contribution in [0.15, 0.2) is 30.3 Å². The van der Waals surface area contributed by atoms with Crippen LogP contribution in [0.3, 0.4) is 0 Å². The van der Waals surface area contributed by atoms with E-state index >= 15 is 0 Å². The lowest BCUT2D eigenvalue weighted by molar-refractivity contribution is 0.0716. The van der Waals surface area contributed by atoms with E-state index in [1.165, 1.54) is 0 Å². The Labute approximate surface area is 157 Å². The number of aromatic amines is 1. The van der Waals surface area contributed by atoms with E-state index < -0.39 is 0 Å². The van der Waals surface area contributed by atoms with E-state index in [4.69, 9.17) is 5.73 Å². The number of aromatic hydroxyl groups is 1. The summed E-state index contributed by atoms with van der Waals surface area (Å²) in [5.74, 6) is 0.180. The molecule has 0 saturated carbocycles. The molecule has 27 heavy (non-hydrogen) atoms. The molecule has 0 atom stereocenters. The Balaban J connectivity index is 1.82. The summed E-state index contributed by atoms with van der Waals surface area (Å²) in [6.45, 7) is 3.35. The minimum Gasteiger partial charge on any atom is -0.508 e. The normalized spacial score (nSPS) is 15.4. The maximum atomic E-state index is 13.3. The zero-order chi connectivity index (χ0) is 19.0. The van der Waals surface area contributed by atoms with Gasteiger partial charge in [-0.25, -0.2) is 4.98 Å². The van der Waals surface area contributed by atoms with Gasteiger partial charge in [0.25, 0.3) is 5.91 Å². The number of H-pyrrole nitrogens is 1. The fourth-order valence-corrected chi connectivity index (χ4v) is 3.56. The van der Waals surface area contributed by atoms with Gasteiger partial charge < -0.3 is 15.7 Å². The molecule has 0 spiro atoms. The lowest BCUT2D eigenvalue weighted by atomic mass is 10.0. The topological polar surface area (TPSA) is 108 Å². The molecule has 140 valence electrons. The van der Waals surface area contributed by atoms with Crippen LogP contribution >= 0.6 is 0 Å². The summed E-state index contributed by atoms with van der Waals surface area (Å²) in [5, 5.41) is 17.7. The van der Waals surface area contributed by atoms with Crippen molar-refractivity contribution in [2.75, 3.05) is 13.1 Å². The molecule has 2 aromatic heterocycles. The Morgan fingerprint density at radius 2 is 2.00 bits per heavy atom. The van der Waals surface area contributed by atoms with Gasteiger partial charge in [0.15, 0.2) is 5.65 Å². The molecule has 7 nitrogen and oxygen atoms in total. The van der Waals surface area contributed by atoms with Crippen LogP contribution in [-0.4, -0.2) is 50.2 Å². The van der Waals surface area contributed by atoms with Crippen LogP contribution in [0.4, 0.5) is 0 Å². The van der Waals surface area contributed by atoms with Crippen molar-refractivity contribution in [3.63, 3.8) is 0 Å². The van der Waals surface area contributed by atoms with Crippen molar-refractivity contribution >= 4 is 16.9 Å². The number of amides is 1. The Kier molecular flexibility index (Phi) is 4.53. The van der Waals surface area contributed by atoms with Crippen LogP contribution in [0.2, 0.25) is 0 Å². The van der Waals surface area contributed by atoms with Gasteiger partial charge >= 0.3 is 0 Å². The number of pyridine rings is 1. The van der Waals surface area contributed by atoms with E-state index in [1.54, 1.807) is 24.3 Å². The van der Waals surface area contributed by atoms with E-state index in [0.717, 1.165) is 35.9 Å². The first-order chi connectivity index (χ1) is 13.1. The quantitative estimate of drug-likeness (QED) is 0.661. The number of fused-ring (bicyclic) bond motifs is 1. The average Bonchev–Trinajstić information content (AvgIpc) is 3.11. The smallest absolute Gasteiger partial charge is 0.254 e. The summed E-state index contributed by atoms with van der Waals surface area (Å²) in [6.07, 6.45) is 2.37. The van der Waals surface area contributed by atoms with Crippen LogP contribution in [0.25, 0.3) is 22.3 Å². The molecular weight excluding hydrogens is 342 g/mol. The van der Waals surface area contributed by atoms with Gasteiger partial charge in [-0.1, -0.05) is 6.92 Å². The lowest BCUT2D eigenvalue weighted by Crippen LogP contribution is -2.42. The van der Waals surface area contributed by atoms with E-state index in [1.807, 2.05) is 17.9 Å². The molecule has 1 amide bonds. The van der Waals surface area contributed by atoms with Crippen LogP contribution in [0, 0.1) is 0 Å². The number of aromatic nitrogens is 3. The third-order valence-electron chi connectivity index (χ3n) is 5.17. The van der Waals surface area contributed by atoms with Crippen molar-refractivity contribution in [1.82, 2.24) is 20.1 Å². The summed E-state index contributed by atoms with van der Waals surface area (Å²) in [7, 11) is 0. The molecule has 1 aromatic carbocycles. The fraction of sp³-hybridized carbons (Fsp3) is 0.350. The number of carbonyl (C=O) groups excluding carboxylic acids is 1. The molecule has 0 aliphatic carbocycles. The average molecular weight is 365 g/mol. The maximum absolute atomic E-state index is 13.3. The summed E-state index contributed by atoms with van der Waals surface area (Å²) in [4.78, 5) is 19.8. The SMILES string of the molecule is CCc1[nH]nc2nc(-c3ccc(O)cc3)cc(C(=O)N3CCC(N)CC3)c12. The first-order valence-electron chi connectivity index (χ1n) is 9.29. The van der Waals surface area contributed by atoms with E-state index in [2.05, 4.69) is 15.2 Å². The van der Waals surface area contributed by atoms with Crippen molar-refractivity contribution in [2.45, 2.75) is 32.2 Å². The number of nitrogens with one attached hydrogen (secondary N) is 1. The number of phenols is 1. The van der Waals surface area contributed by atoms with E-state index in [0.29, 0.717) is 30.0 Å². The number of phenolic OH excluding ortho intramolecular Hbond substituents is 1. The zero-order valence-electron chi connectivity index (χ0n) is 15.3. The highest BCUT2D eigenvalue weighted by atomic mass is 16.3. The van der Waals surface area contributed by atoms with Gasteiger partial charge in [-0.15, -0.1) is 0 Å². The van der Waals surface area contributed by atoms with Gasteiger partial charge in [0.2, 0.25) is 0 Å². The lowest BCUT2D eigenvalue weighted by Gasteiger charge is -2.30.